The summed E-state index contributed by atoms with van der Waals surface area (Å²) < 4.78 is 27.9. The number of hydrogen-bond donors (Lipinski definition) is 1. The number of carbonyl (C=O) groups excluding carboxylic acids is 1. The SMILES string of the molecule is C=CN(/C=C\C)c1ccc2c(c1)CCCc1nc(NC(=O)c3c(F)cccc3F)sc1-2. The second-order valence-corrected chi connectivity index (χ2v) is 8.11. The molecule has 0 radical (unpaired) electrons. The maximum Gasteiger partial charge on any atom is 0.263 e. The Bertz CT molecular complexity index is 1170. The third-order valence-corrected chi connectivity index (χ3v) is 6.15. The zero-order chi connectivity index (χ0) is 22.0. The molecule has 1 heterocycles. The number of aromatic nitrogens is 1. The van der Waals surface area contributed by atoms with Crippen LogP contribution >= 0.6 is 11.3 Å². The Labute approximate surface area is 183 Å². The van der Waals surface area contributed by atoms with Gasteiger partial charge in [-0.25, -0.2) is 13.8 Å². The van der Waals surface area contributed by atoms with Crippen LogP contribution in [0.15, 0.2) is 61.5 Å². The van der Waals surface area contributed by atoms with Crippen molar-refractivity contribution in [1.29, 1.82) is 0 Å². The molecule has 0 spiro atoms. The number of halogens is 2. The van der Waals surface area contributed by atoms with Crippen molar-refractivity contribution in [3.8, 4) is 10.4 Å². The van der Waals surface area contributed by atoms with Crippen molar-refractivity contribution >= 4 is 28.1 Å². The molecule has 0 atom stereocenters. The molecule has 31 heavy (non-hydrogen) atoms. The highest BCUT2D eigenvalue weighted by Gasteiger charge is 2.23. The fourth-order valence-electron chi connectivity index (χ4n) is 3.69. The Hall–Kier alpha value is -3.32. The van der Waals surface area contributed by atoms with Gasteiger partial charge < -0.3 is 4.90 Å². The molecule has 4 nitrogen and oxygen atoms in total. The van der Waals surface area contributed by atoms with Crippen LogP contribution in [0.5, 0.6) is 0 Å². The van der Waals surface area contributed by atoms with E-state index in [1.54, 1.807) is 6.20 Å². The van der Waals surface area contributed by atoms with Crippen molar-refractivity contribution in [2.45, 2.75) is 26.2 Å². The molecule has 1 aliphatic rings. The van der Waals surface area contributed by atoms with Crippen molar-refractivity contribution in [2.24, 2.45) is 0 Å². The third kappa shape index (κ3) is 4.14. The Kier molecular flexibility index (Phi) is 5.95. The number of benzene rings is 2. The molecule has 0 bridgehead atoms. The minimum atomic E-state index is -0.901. The van der Waals surface area contributed by atoms with E-state index >= 15 is 0 Å². The molecule has 0 unspecified atom stereocenters. The number of carbonyl (C=O) groups is 1. The van der Waals surface area contributed by atoms with E-state index < -0.39 is 23.1 Å². The van der Waals surface area contributed by atoms with Gasteiger partial charge in [0.2, 0.25) is 0 Å². The maximum atomic E-state index is 13.9. The van der Waals surface area contributed by atoms with Gasteiger partial charge in [0.15, 0.2) is 5.13 Å². The Balaban J connectivity index is 1.66. The summed E-state index contributed by atoms with van der Waals surface area (Å²) in [5, 5.41) is 2.89. The number of hydrogen-bond acceptors (Lipinski definition) is 4. The number of thiazole rings is 1. The highest BCUT2D eigenvalue weighted by Crippen LogP contribution is 2.40. The molecule has 1 N–H and O–H groups in total. The molecule has 3 aromatic rings. The number of nitrogens with one attached hydrogen (secondary N) is 1. The van der Waals surface area contributed by atoms with Crippen molar-refractivity contribution < 1.29 is 13.6 Å². The molecule has 2 aromatic carbocycles. The summed E-state index contributed by atoms with van der Waals surface area (Å²) in [5.74, 6) is -2.65. The van der Waals surface area contributed by atoms with Gasteiger partial charge in [0, 0.05) is 18.1 Å². The van der Waals surface area contributed by atoms with Crippen LogP contribution in [0.2, 0.25) is 0 Å². The molecule has 0 fully saturated rings. The van der Waals surface area contributed by atoms with Crippen LogP contribution in [0.3, 0.4) is 0 Å². The van der Waals surface area contributed by atoms with E-state index in [4.69, 9.17) is 0 Å². The van der Waals surface area contributed by atoms with Crippen LogP contribution in [0.4, 0.5) is 19.6 Å². The van der Waals surface area contributed by atoms with Gasteiger partial charge in [0.05, 0.1) is 10.6 Å². The molecule has 1 aliphatic carbocycles. The molecule has 158 valence electrons. The number of anilines is 2. The first-order valence-corrected chi connectivity index (χ1v) is 10.8. The predicted octanol–water partition coefficient (Wildman–Crippen LogP) is 6.31. The first-order valence-electron chi connectivity index (χ1n) is 9.94. The molecular formula is C24H21F2N3OS. The predicted molar refractivity (Wildman–Crippen MR) is 121 cm³/mol. The number of allylic oxidation sites excluding steroid dienone is 1. The van der Waals surface area contributed by atoms with Gasteiger partial charge in [-0.05, 0) is 61.6 Å². The second-order valence-electron chi connectivity index (χ2n) is 7.11. The quantitative estimate of drug-likeness (QED) is 0.509. The van der Waals surface area contributed by atoms with Crippen LogP contribution < -0.4 is 10.2 Å². The van der Waals surface area contributed by atoms with Gasteiger partial charge in [0.1, 0.15) is 17.2 Å². The molecule has 7 heteroatoms. The summed E-state index contributed by atoms with van der Waals surface area (Å²) in [6, 6.07) is 9.55. The van der Waals surface area contributed by atoms with Crippen LogP contribution in [-0.2, 0) is 12.8 Å². The van der Waals surface area contributed by atoms with Crippen LogP contribution in [0.25, 0.3) is 10.4 Å². The van der Waals surface area contributed by atoms with E-state index in [1.165, 1.54) is 23.0 Å². The first-order chi connectivity index (χ1) is 15.0. The highest BCUT2D eigenvalue weighted by atomic mass is 32.1. The number of nitrogens with zero attached hydrogens (tertiary/aromatic N) is 2. The lowest BCUT2D eigenvalue weighted by Crippen LogP contribution is -2.15. The van der Waals surface area contributed by atoms with Crippen LogP contribution in [0, 0.1) is 11.6 Å². The molecule has 0 saturated carbocycles. The molecule has 1 amide bonds. The molecular weight excluding hydrogens is 416 g/mol. The van der Waals surface area contributed by atoms with Crippen molar-refractivity contribution in [1.82, 2.24) is 4.98 Å². The fourth-order valence-corrected chi connectivity index (χ4v) is 4.76. The van der Waals surface area contributed by atoms with Crippen molar-refractivity contribution in [3.05, 3.63) is 89.9 Å². The number of fused-ring (bicyclic) bond motifs is 3. The third-order valence-electron chi connectivity index (χ3n) is 5.11. The zero-order valence-electron chi connectivity index (χ0n) is 17.0. The first kappa shape index (κ1) is 20.9. The number of aryl methyl sites for hydroxylation is 2. The van der Waals surface area contributed by atoms with Crippen molar-refractivity contribution in [2.75, 3.05) is 10.2 Å². The van der Waals surface area contributed by atoms with E-state index in [0.717, 1.165) is 53.2 Å². The van der Waals surface area contributed by atoms with E-state index in [0.29, 0.717) is 5.13 Å². The Morgan fingerprint density at radius 3 is 2.71 bits per heavy atom. The summed E-state index contributed by atoms with van der Waals surface area (Å²) in [7, 11) is 0. The van der Waals surface area contributed by atoms with Gasteiger partial charge in [-0.3, -0.25) is 10.1 Å². The summed E-state index contributed by atoms with van der Waals surface area (Å²) in [6.45, 7) is 5.81. The van der Waals surface area contributed by atoms with E-state index in [-0.39, 0.29) is 0 Å². The summed E-state index contributed by atoms with van der Waals surface area (Å²) >= 11 is 1.32. The maximum absolute atomic E-state index is 13.9. The lowest BCUT2D eigenvalue weighted by atomic mass is 10.0. The van der Waals surface area contributed by atoms with Crippen molar-refractivity contribution in [3.63, 3.8) is 0 Å². The van der Waals surface area contributed by atoms with Gasteiger partial charge in [-0.2, -0.15) is 0 Å². The Morgan fingerprint density at radius 2 is 2.00 bits per heavy atom. The fraction of sp³-hybridized carbons (Fsp3) is 0.167. The van der Waals surface area contributed by atoms with Gasteiger partial charge in [-0.1, -0.05) is 36.1 Å². The van der Waals surface area contributed by atoms with Crippen LogP contribution in [-0.4, -0.2) is 10.9 Å². The summed E-state index contributed by atoms with van der Waals surface area (Å²) in [4.78, 5) is 19.9. The monoisotopic (exact) mass is 437 g/mol. The van der Waals surface area contributed by atoms with E-state index in [9.17, 15) is 13.6 Å². The van der Waals surface area contributed by atoms with Gasteiger partial charge in [0.25, 0.3) is 5.91 Å². The lowest BCUT2D eigenvalue weighted by molar-refractivity contribution is 0.101. The summed E-state index contributed by atoms with van der Waals surface area (Å²) in [6.07, 6.45) is 8.24. The van der Waals surface area contributed by atoms with E-state index in [2.05, 4.69) is 29.0 Å². The second kappa shape index (κ2) is 8.81. The number of amides is 1. The van der Waals surface area contributed by atoms with E-state index in [1.807, 2.05) is 30.2 Å². The average molecular weight is 438 g/mol. The standard InChI is InChI=1S/C24H21F2N3OS/c1-3-13-29(4-2)16-11-12-17-15(14-16)7-5-10-20-22(17)31-24(27-20)28-23(30)21-18(25)8-6-9-19(21)26/h3-4,6,8-9,11-14H,2,5,7,10H2,1H3,(H,27,28,30)/b13-3-. The Morgan fingerprint density at radius 1 is 1.23 bits per heavy atom. The smallest absolute Gasteiger partial charge is 0.263 e. The molecule has 0 aliphatic heterocycles. The van der Waals surface area contributed by atoms with Gasteiger partial charge in [-0.15, -0.1) is 0 Å². The largest absolute Gasteiger partial charge is 0.325 e. The average Bonchev–Trinajstić information content (AvgIpc) is 3.06. The normalized spacial score (nSPS) is 12.7. The molecule has 1 aromatic heterocycles. The number of rotatable bonds is 5. The molecule has 0 saturated heterocycles. The summed E-state index contributed by atoms with van der Waals surface area (Å²) in [5.41, 5.74) is 3.55. The topological polar surface area (TPSA) is 45.2 Å². The molecule has 4 rings (SSSR count). The lowest BCUT2D eigenvalue weighted by Gasteiger charge is -2.17. The zero-order valence-corrected chi connectivity index (χ0v) is 17.8. The minimum absolute atomic E-state index is 0.330. The van der Waals surface area contributed by atoms with Crippen LogP contribution in [0.1, 0.15) is 35.0 Å². The van der Waals surface area contributed by atoms with Gasteiger partial charge >= 0.3 is 0 Å². The minimum Gasteiger partial charge on any atom is -0.325 e. The highest BCUT2D eigenvalue weighted by molar-refractivity contribution is 7.19.